The molecule has 1 aromatic carbocycles. The lowest BCUT2D eigenvalue weighted by molar-refractivity contribution is -0.142. The molecule has 3 fully saturated rings. The molecule has 5 heterocycles. The van der Waals surface area contributed by atoms with Crippen LogP contribution in [0.3, 0.4) is 0 Å². The summed E-state index contributed by atoms with van der Waals surface area (Å²) in [4.78, 5) is 33.0. The summed E-state index contributed by atoms with van der Waals surface area (Å²) in [6.45, 7) is 8.50. The van der Waals surface area contributed by atoms with E-state index in [-0.39, 0.29) is 5.97 Å². The lowest BCUT2D eigenvalue weighted by atomic mass is 9.93. The average molecular weight is 627 g/mol. The van der Waals surface area contributed by atoms with E-state index in [1.54, 1.807) is 18.5 Å². The van der Waals surface area contributed by atoms with Crippen LogP contribution in [-0.2, 0) is 16.1 Å². The highest BCUT2D eigenvalue weighted by molar-refractivity contribution is 6.35. The number of likely N-dealkylation sites (tertiary alicyclic amines) is 1. The molecule has 228 valence electrons. The second-order valence-electron chi connectivity index (χ2n) is 11.5. The fourth-order valence-electron chi connectivity index (χ4n) is 6.18. The maximum atomic E-state index is 11.7. The number of pyridine rings is 1. The molecule has 0 spiro atoms. The molecule has 1 N–H and O–H groups in total. The normalized spacial score (nSPS) is 20.1. The summed E-state index contributed by atoms with van der Waals surface area (Å²) in [6.07, 6.45) is 5.81. The van der Waals surface area contributed by atoms with Crippen LogP contribution in [0, 0.1) is 5.92 Å². The van der Waals surface area contributed by atoms with Gasteiger partial charge >= 0.3 is 5.97 Å². The van der Waals surface area contributed by atoms with Crippen molar-refractivity contribution in [1.82, 2.24) is 30.1 Å². The van der Waals surface area contributed by atoms with Crippen LogP contribution >= 0.6 is 23.2 Å². The zero-order valence-corrected chi connectivity index (χ0v) is 25.9. The van der Waals surface area contributed by atoms with Gasteiger partial charge in [-0.15, -0.1) is 0 Å². The van der Waals surface area contributed by atoms with Gasteiger partial charge in [0.25, 0.3) is 0 Å². The molecule has 3 aliphatic rings. The molecule has 0 aliphatic carbocycles. The number of fused-ring (bicyclic) bond motifs is 1. The molecule has 0 bridgehead atoms. The first-order chi connectivity index (χ1) is 20.9. The summed E-state index contributed by atoms with van der Waals surface area (Å²) in [5.41, 5.74) is 2.58. The Bertz CT molecular complexity index is 1400. The molecule has 1 atom stereocenters. The van der Waals surface area contributed by atoms with Crippen LogP contribution in [0.15, 0.2) is 42.7 Å². The number of ether oxygens (including phenoxy) is 2. The number of aromatic nitrogens is 3. The summed E-state index contributed by atoms with van der Waals surface area (Å²) in [5.74, 6) is 1.90. The minimum Gasteiger partial charge on any atom is -0.469 e. The van der Waals surface area contributed by atoms with Crippen molar-refractivity contribution < 1.29 is 14.3 Å². The third-order valence-corrected chi connectivity index (χ3v) is 8.93. The zero-order valence-electron chi connectivity index (χ0n) is 24.3. The van der Waals surface area contributed by atoms with Gasteiger partial charge in [-0.05, 0) is 61.7 Å². The van der Waals surface area contributed by atoms with Gasteiger partial charge < -0.3 is 19.7 Å². The summed E-state index contributed by atoms with van der Waals surface area (Å²) in [5, 5.41) is 4.57. The van der Waals surface area contributed by atoms with Gasteiger partial charge in [-0.1, -0.05) is 23.2 Å². The first-order valence-electron chi connectivity index (χ1n) is 14.9. The van der Waals surface area contributed by atoms with E-state index in [0.717, 1.165) is 82.9 Å². The number of rotatable bonds is 8. The number of anilines is 1. The molecule has 3 aromatic rings. The number of carbonyl (C=O) groups is 1. The number of hydrogen-bond acceptors (Lipinski definition) is 10. The Balaban J connectivity index is 1.17. The maximum Gasteiger partial charge on any atom is 0.305 e. The lowest BCUT2D eigenvalue weighted by Gasteiger charge is -2.44. The minimum absolute atomic E-state index is 0.139. The smallest absolute Gasteiger partial charge is 0.305 e. The monoisotopic (exact) mass is 625 g/mol. The molecule has 6 rings (SSSR count). The molecule has 0 saturated carbocycles. The van der Waals surface area contributed by atoms with Gasteiger partial charge in [0, 0.05) is 80.0 Å². The van der Waals surface area contributed by atoms with Gasteiger partial charge in [0.2, 0.25) is 11.8 Å². The number of nitrogens with zero attached hydrogens (tertiary/aromatic N) is 6. The molecule has 10 nitrogen and oxygen atoms in total. The highest BCUT2D eigenvalue weighted by atomic mass is 35.5. The predicted molar refractivity (Wildman–Crippen MR) is 167 cm³/mol. The van der Waals surface area contributed by atoms with Crippen molar-refractivity contribution in [3.8, 4) is 22.9 Å². The Hall–Kier alpha value is -3.02. The maximum absolute atomic E-state index is 11.7. The van der Waals surface area contributed by atoms with Crippen molar-refractivity contribution in [1.29, 1.82) is 0 Å². The molecule has 0 radical (unpaired) electrons. The van der Waals surface area contributed by atoms with Crippen molar-refractivity contribution in [3.05, 3.63) is 58.3 Å². The SMILES string of the molecule is COC(=O)CC1CCN(Cc2cc(Oc3cnc(N4CCN5CCNCC5C4)nc3)nc(-c3cc(Cl)cc(Cl)c3)c2)CC1. The van der Waals surface area contributed by atoms with Crippen LogP contribution in [0.25, 0.3) is 11.3 Å². The predicted octanol–water partition coefficient (Wildman–Crippen LogP) is 4.51. The molecule has 2 aromatic heterocycles. The highest BCUT2D eigenvalue weighted by Gasteiger charge is 2.30. The van der Waals surface area contributed by atoms with Gasteiger partial charge in [-0.2, -0.15) is 0 Å². The highest BCUT2D eigenvalue weighted by Crippen LogP contribution is 2.31. The van der Waals surface area contributed by atoms with E-state index in [0.29, 0.717) is 51.7 Å². The second-order valence-corrected chi connectivity index (χ2v) is 12.4. The summed E-state index contributed by atoms with van der Waals surface area (Å²) < 4.78 is 11.1. The number of methoxy groups -OCH3 is 1. The number of nitrogens with one attached hydrogen (secondary N) is 1. The van der Waals surface area contributed by atoms with Crippen molar-refractivity contribution in [2.24, 2.45) is 5.92 Å². The van der Waals surface area contributed by atoms with E-state index in [1.807, 2.05) is 18.2 Å². The molecular formula is C31H37Cl2N7O3. The number of hydrogen-bond donors (Lipinski definition) is 1. The molecule has 43 heavy (non-hydrogen) atoms. The van der Waals surface area contributed by atoms with E-state index < -0.39 is 0 Å². The number of benzene rings is 1. The van der Waals surface area contributed by atoms with Crippen molar-refractivity contribution in [3.63, 3.8) is 0 Å². The molecular weight excluding hydrogens is 589 g/mol. The van der Waals surface area contributed by atoms with Crippen LogP contribution in [0.5, 0.6) is 11.6 Å². The Morgan fingerprint density at radius 2 is 1.77 bits per heavy atom. The van der Waals surface area contributed by atoms with Gasteiger partial charge in [0.15, 0.2) is 5.75 Å². The van der Waals surface area contributed by atoms with Crippen LogP contribution < -0.4 is 15.0 Å². The number of halogens is 2. The summed E-state index contributed by atoms with van der Waals surface area (Å²) >= 11 is 12.7. The molecule has 3 saturated heterocycles. The van der Waals surface area contributed by atoms with Crippen molar-refractivity contribution >= 4 is 35.1 Å². The number of carbonyl (C=O) groups excluding carboxylic acids is 1. The minimum atomic E-state index is -0.139. The van der Waals surface area contributed by atoms with E-state index in [9.17, 15) is 4.79 Å². The molecule has 1 unspecified atom stereocenters. The second kappa shape index (κ2) is 13.7. The quantitative estimate of drug-likeness (QED) is 0.360. The standard InChI is InChI=1S/C31H37Cl2N7O3/c1-42-30(41)12-21-2-5-38(6-3-21)19-22-10-28(23-13-24(32)15-25(33)14-23)37-29(11-22)43-27-17-35-31(36-18-27)40-9-8-39-7-4-34-16-26(39)20-40/h10-11,13-15,17-18,21,26,34H,2-9,12,16,19-20H2,1H3. The Morgan fingerprint density at radius 3 is 2.51 bits per heavy atom. The Labute approximate surface area is 262 Å². The number of piperidine rings is 1. The Morgan fingerprint density at radius 1 is 1.00 bits per heavy atom. The van der Waals surface area contributed by atoms with E-state index >= 15 is 0 Å². The first kappa shape index (κ1) is 30.0. The number of piperazine rings is 2. The van der Waals surface area contributed by atoms with Crippen LogP contribution in [0.2, 0.25) is 10.0 Å². The van der Waals surface area contributed by atoms with Crippen LogP contribution in [0.1, 0.15) is 24.8 Å². The third-order valence-electron chi connectivity index (χ3n) is 8.50. The van der Waals surface area contributed by atoms with Gasteiger partial charge in [-0.3, -0.25) is 14.6 Å². The fraction of sp³-hybridized carbons (Fsp3) is 0.484. The fourth-order valence-corrected chi connectivity index (χ4v) is 6.70. The zero-order chi connectivity index (χ0) is 29.8. The topological polar surface area (TPSA) is 96.0 Å². The van der Waals surface area contributed by atoms with Gasteiger partial charge in [0.05, 0.1) is 25.2 Å². The Kier molecular flexibility index (Phi) is 9.59. The van der Waals surface area contributed by atoms with E-state index in [4.69, 9.17) is 37.7 Å². The summed E-state index contributed by atoms with van der Waals surface area (Å²) in [7, 11) is 1.45. The number of esters is 1. The van der Waals surface area contributed by atoms with Gasteiger partial charge in [-0.25, -0.2) is 15.0 Å². The molecule has 0 amide bonds. The molecule has 3 aliphatic heterocycles. The van der Waals surface area contributed by atoms with Crippen LogP contribution in [-0.4, -0.2) is 96.2 Å². The van der Waals surface area contributed by atoms with Gasteiger partial charge in [0.1, 0.15) is 0 Å². The first-order valence-corrected chi connectivity index (χ1v) is 15.6. The van der Waals surface area contributed by atoms with Crippen molar-refractivity contribution in [2.75, 3.05) is 64.4 Å². The lowest BCUT2D eigenvalue weighted by Crippen LogP contribution is -2.61. The molecule has 12 heteroatoms. The van der Waals surface area contributed by atoms with E-state index in [2.05, 4.69) is 36.1 Å². The average Bonchev–Trinajstić information content (AvgIpc) is 3.01. The summed E-state index contributed by atoms with van der Waals surface area (Å²) in [6, 6.07) is 9.89. The van der Waals surface area contributed by atoms with E-state index in [1.165, 1.54) is 7.11 Å². The van der Waals surface area contributed by atoms with Crippen molar-refractivity contribution in [2.45, 2.75) is 31.8 Å². The largest absolute Gasteiger partial charge is 0.469 e. The third kappa shape index (κ3) is 7.74. The van der Waals surface area contributed by atoms with Crippen LogP contribution in [0.4, 0.5) is 5.95 Å².